The molecule has 4 aromatic rings. The van der Waals surface area contributed by atoms with Gasteiger partial charge in [-0.1, -0.05) is 43.3 Å². The lowest BCUT2D eigenvalue weighted by atomic mass is 9.86. The van der Waals surface area contributed by atoms with Gasteiger partial charge in [0.25, 0.3) is 5.91 Å². The van der Waals surface area contributed by atoms with E-state index in [1.165, 1.54) is 51.8 Å². The van der Waals surface area contributed by atoms with Crippen LogP contribution in [0.1, 0.15) is 87.9 Å². The molecule has 1 aromatic heterocycles. The van der Waals surface area contributed by atoms with Crippen molar-refractivity contribution in [3.63, 3.8) is 0 Å². The van der Waals surface area contributed by atoms with Crippen LogP contribution < -0.4 is 0 Å². The zero-order valence-corrected chi connectivity index (χ0v) is 21.8. The lowest BCUT2D eigenvalue weighted by Gasteiger charge is -2.25. The first-order chi connectivity index (χ1) is 17.3. The predicted octanol–water partition coefficient (Wildman–Crippen LogP) is 7.63. The number of hydrogen-bond acceptors (Lipinski definition) is 2. The van der Waals surface area contributed by atoms with Crippen molar-refractivity contribution in [3.05, 3.63) is 99.7 Å². The molecule has 0 bridgehead atoms. The van der Waals surface area contributed by atoms with Crippen molar-refractivity contribution in [1.82, 2.24) is 9.88 Å². The normalized spacial score (nSPS) is 19.7. The average molecular weight is 473 g/mol. The second kappa shape index (κ2) is 8.49. The van der Waals surface area contributed by atoms with Gasteiger partial charge in [-0.3, -0.25) is 4.79 Å². The molecule has 1 saturated carbocycles. The summed E-state index contributed by atoms with van der Waals surface area (Å²) in [5.41, 5.74) is 11.4. The number of benzene rings is 3. The molecular weight excluding hydrogens is 440 g/mol. The van der Waals surface area contributed by atoms with Gasteiger partial charge in [0.05, 0.1) is 16.9 Å². The number of aromatic nitrogens is 1. The van der Waals surface area contributed by atoms with Crippen molar-refractivity contribution < 1.29 is 4.79 Å². The average Bonchev–Trinajstić information content (AvgIpc) is 3.73. The summed E-state index contributed by atoms with van der Waals surface area (Å²) in [5, 5.41) is 0.948. The number of rotatable bonds is 3. The minimum atomic E-state index is -0.130. The minimum absolute atomic E-state index is 0.0812. The Bertz CT molecular complexity index is 1510. The molecule has 6 rings (SSSR count). The van der Waals surface area contributed by atoms with Crippen molar-refractivity contribution in [1.29, 1.82) is 0 Å². The molecule has 3 heteroatoms. The van der Waals surface area contributed by atoms with E-state index in [0.29, 0.717) is 5.92 Å². The third-order valence-corrected chi connectivity index (χ3v) is 8.27. The highest BCUT2D eigenvalue weighted by Crippen LogP contribution is 2.47. The van der Waals surface area contributed by atoms with Crippen LogP contribution >= 0.6 is 0 Å². The number of hydrogen-bond donors (Lipinski definition) is 0. The molecule has 0 radical (unpaired) electrons. The summed E-state index contributed by atoms with van der Waals surface area (Å²) in [7, 11) is 1.91. The number of nitrogens with zero attached hydrogens (tertiary/aromatic N) is 2. The van der Waals surface area contributed by atoms with E-state index in [4.69, 9.17) is 4.98 Å². The molecule has 36 heavy (non-hydrogen) atoms. The van der Waals surface area contributed by atoms with Crippen molar-refractivity contribution in [2.45, 2.75) is 64.8 Å². The van der Waals surface area contributed by atoms with Crippen LogP contribution in [0.5, 0.6) is 0 Å². The topological polar surface area (TPSA) is 33.2 Å². The van der Waals surface area contributed by atoms with Crippen LogP contribution in [0.15, 0.2) is 48.5 Å². The highest BCUT2D eigenvalue weighted by Gasteiger charge is 2.36. The van der Waals surface area contributed by atoms with Gasteiger partial charge in [-0.25, -0.2) is 4.98 Å². The Labute approximate surface area is 214 Å². The second-order valence-corrected chi connectivity index (χ2v) is 10.9. The van der Waals surface area contributed by atoms with Gasteiger partial charge in [0.2, 0.25) is 0 Å². The molecular formula is C33H32N2O. The highest BCUT2D eigenvalue weighted by molar-refractivity contribution is 5.97. The maximum Gasteiger partial charge on any atom is 0.254 e. The SMILES string of the molecule is Cc1cc(C)c(-c2ccc3nc(C4CC(C)c5c(cccc5C5CC5)C(=O)N4C)c#cc3c2)cc1C. The second-order valence-electron chi connectivity index (χ2n) is 10.9. The number of aryl methyl sites for hydroxylation is 3. The Kier molecular flexibility index (Phi) is 5.38. The van der Waals surface area contributed by atoms with Crippen LogP contribution in [0.25, 0.3) is 22.0 Å². The summed E-state index contributed by atoms with van der Waals surface area (Å²) < 4.78 is 0. The van der Waals surface area contributed by atoms with E-state index in [-0.39, 0.29) is 17.9 Å². The summed E-state index contributed by atoms with van der Waals surface area (Å²) in [6.07, 6.45) is 3.30. The number of carbonyl (C=O) groups excluding carboxylic acids is 1. The molecule has 2 atom stereocenters. The van der Waals surface area contributed by atoms with E-state index in [0.717, 1.165) is 28.6 Å². The molecule has 2 heterocycles. The molecule has 1 fully saturated rings. The van der Waals surface area contributed by atoms with Gasteiger partial charge in [-0.15, -0.1) is 0 Å². The fourth-order valence-electron chi connectivity index (χ4n) is 5.93. The first-order valence-electron chi connectivity index (χ1n) is 13.0. The Morgan fingerprint density at radius 1 is 0.917 bits per heavy atom. The van der Waals surface area contributed by atoms with Crippen LogP contribution in [0.3, 0.4) is 0 Å². The van der Waals surface area contributed by atoms with Crippen LogP contribution in [0, 0.1) is 32.9 Å². The first kappa shape index (κ1) is 22.8. The Balaban J connectivity index is 1.36. The third kappa shape index (κ3) is 3.77. The van der Waals surface area contributed by atoms with Crippen LogP contribution in [0.2, 0.25) is 0 Å². The van der Waals surface area contributed by atoms with E-state index in [2.05, 4.69) is 76.2 Å². The molecule has 3 nitrogen and oxygen atoms in total. The lowest BCUT2D eigenvalue weighted by Crippen LogP contribution is -2.30. The van der Waals surface area contributed by atoms with Gasteiger partial charge in [0, 0.05) is 12.6 Å². The van der Waals surface area contributed by atoms with Gasteiger partial charge in [-0.05, 0) is 115 Å². The van der Waals surface area contributed by atoms with Gasteiger partial charge < -0.3 is 4.90 Å². The lowest BCUT2D eigenvalue weighted by molar-refractivity contribution is 0.0727. The van der Waals surface area contributed by atoms with Crippen molar-refractivity contribution in [2.24, 2.45) is 0 Å². The Morgan fingerprint density at radius 3 is 2.47 bits per heavy atom. The van der Waals surface area contributed by atoms with E-state index in [1.807, 2.05) is 24.1 Å². The van der Waals surface area contributed by atoms with Gasteiger partial charge in [0.1, 0.15) is 5.69 Å². The van der Waals surface area contributed by atoms with Crippen molar-refractivity contribution in [2.75, 3.05) is 7.05 Å². The molecule has 0 spiro atoms. The van der Waals surface area contributed by atoms with Gasteiger partial charge in [0.15, 0.2) is 0 Å². The maximum absolute atomic E-state index is 13.6. The fourth-order valence-corrected chi connectivity index (χ4v) is 5.93. The monoisotopic (exact) mass is 472 g/mol. The largest absolute Gasteiger partial charge is 0.332 e. The standard InChI is InChI=1S/C33H32N2O/c1-19-15-21(3)28(16-20(19)2)24-11-13-29-25(18-24)12-14-30(34-29)31-17-22(4)32-26(23-9-10-23)7-6-8-27(32)33(36)35(31)5/h6-8,11,13,15-16,18,22-23,31H,9-10,17H2,1-5H3. The molecule has 0 N–H and O–H groups in total. The van der Waals surface area contributed by atoms with Gasteiger partial charge in [-0.2, -0.15) is 0 Å². The molecule has 3 aromatic carbocycles. The Morgan fingerprint density at radius 2 is 1.69 bits per heavy atom. The predicted molar refractivity (Wildman–Crippen MR) is 145 cm³/mol. The van der Waals surface area contributed by atoms with E-state index >= 15 is 0 Å². The molecule has 1 amide bonds. The van der Waals surface area contributed by atoms with E-state index in [1.54, 1.807) is 0 Å². The summed E-state index contributed by atoms with van der Waals surface area (Å²) in [5.74, 6) is 0.973. The molecule has 1 aliphatic carbocycles. The number of fused-ring (bicyclic) bond motifs is 2. The minimum Gasteiger partial charge on any atom is -0.332 e. The summed E-state index contributed by atoms with van der Waals surface area (Å²) in [6, 6.07) is 23.8. The molecule has 2 unspecified atom stereocenters. The smallest absolute Gasteiger partial charge is 0.254 e. The highest BCUT2D eigenvalue weighted by atomic mass is 16.2. The zero-order chi connectivity index (χ0) is 25.1. The first-order valence-corrected chi connectivity index (χ1v) is 13.0. The van der Waals surface area contributed by atoms with E-state index in [9.17, 15) is 4.79 Å². The van der Waals surface area contributed by atoms with Gasteiger partial charge >= 0.3 is 0 Å². The molecule has 0 saturated heterocycles. The molecule has 1 aliphatic heterocycles. The summed E-state index contributed by atoms with van der Waals surface area (Å²) >= 11 is 0. The third-order valence-electron chi connectivity index (χ3n) is 8.27. The van der Waals surface area contributed by atoms with Crippen LogP contribution in [-0.2, 0) is 0 Å². The Hall–Kier alpha value is -3.64. The number of amides is 1. The van der Waals surface area contributed by atoms with Crippen molar-refractivity contribution >= 4 is 16.8 Å². The fraction of sp³-hybridized carbons (Fsp3) is 0.333. The number of carbonyl (C=O) groups is 1. The summed E-state index contributed by atoms with van der Waals surface area (Å²) in [4.78, 5) is 20.4. The molecule has 180 valence electrons. The van der Waals surface area contributed by atoms with Crippen molar-refractivity contribution in [3.8, 4) is 11.1 Å². The van der Waals surface area contributed by atoms with Crippen LogP contribution in [-0.4, -0.2) is 22.8 Å². The zero-order valence-electron chi connectivity index (χ0n) is 21.8. The summed E-state index contributed by atoms with van der Waals surface area (Å²) in [6.45, 7) is 8.73. The van der Waals surface area contributed by atoms with E-state index < -0.39 is 0 Å². The molecule has 2 aliphatic rings. The maximum atomic E-state index is 13.6. The quantitative estimate of drug-likeness (QED) is 0.307. The van der Waals surface area contributed by atoms with Crippen LogP contribution in [0.4, 0.5) is 0 Å².